The standard InChI is InChI=1S/C10H13FO3S/c1-8-3-4-9(7-10(8)14-2)5-6-15(11,12)13/h3-4,7H,5-6H2,1-2H3. The van der Waals surface area contributed by atoms with Gasteiger partial charge in [-0.2, -0.15) is 8.42 Å². The first-order chi connectivity index (χ1) is 6.92. The number of ether oxygens (including phenoxy) is 1. The van der Waals surface area contributed by atoms with Gasteiger partial charge < -0.3 is 4.74 Å². The molecule has 0 N–H and O–H groups in total. The van der Waals surface area contributed by atoms with Gasteiger partial charge in [-0.25, -0.2) is 0 Å². The lowest BCUT2D eigenvalue weighted by atomic mass is 10.1. The first kappa shape index (κ1) is 12.0. The normalized spacial score (nSPS) is 11.4. The molecular formula is C10H13FO3S. The van der Waals surface area contributed by atoms with Crippen LogP contribution in [0.1, 0.15) is 11.1 Å². The molecule has 0 aliphatic rings. The maximum Gasteiger partial charge on any atom is 0.302 e. The zero-order chi connectivity index (χ0) is 11.5. The van der Waals surface area contributed by atoms with Crippen LogP contribution in [0.3, 0.4) is 0 Å². The van der Waals surface area contributed by atoms with Crippen molar-refractivity contribution in [1.29, 1.82) is 0 Å². The van der Waals surface area contributed by atoms with Crippen LogP contribution in [0.25, 0.3) is 0 Å². The maximum absolute atomic E-state index is 12.3. The summed E-state index contributed by atoms with van der Waals surface area (Å²) in [5.74, 6) is 0.197. The van der Waals surface area contributed by atoms with Crippen LogP contribution in [-0.4, -0.2) is 21.3 Å². The van der Waals surface area contributed by atoms with E-state index in [-0.39, 0.29) is 6.42 Å². The average Bonchev–Trinajstić information content (AvgIpc) is 2.15. The third-order valence-corrected chi connectivity index (χ3v) is 2.80. The molecule has 0 heterocycles. The van der Waals surface area contributed by atoms with Gasteiger partial charge in [-0.1, -0.05) is 12.1 Å². The molecule has 0 bridgehead atoms. The first-order valence-electron chi connectivity index (χ1n) is 4.48. The molecule has 1 aromatic rings. The molecular weight excluding hydrogens is 219 g/mol. The van der Waals surface area contributed by atoms with Crippen LogP contribution in [0.5, 0.6) is 5.75 Å². The average molecular weight is 232 g/mol. The number of benzene rings is 1. The highest BCUT2D eigenvalue weighted by molar-refractivity contribution is 7.86. The molecule has 1 aromatic carbocycles. The molecule has 0 amide bonds. The Bertz CT molecular complexity index is 440. The molecule has 0 radical (unpaired) electrons. The second-order valence-corrected chi connectivity index (χ2v) is 4.78. The Balaban J connectivity index is 2.79. The van der Waals surface area contributed by atoms with E-state index in [1.54, 1.807) is 12.1 Å². The van der Waals surface area contributed by atoms with Crippen molar-refractivity contribution >= 4 is 10.2 Å². The zero-order valence-corrected chi connectivity index (χ0v) is 9.47. The largest absolute Gasteiger partial charge is 0.496 e. The molecule has 0 spiro atoms. The van der Waals surface area contributed by atoms with Gasteiger partial charge in [-0.15, -0.1) is 3.89 Å². The summed E-state index contributed by atoms with van der Waals surface area (Å²) in [5, 5.41) is 0. The van der Waals surface area contributed by atoms with Gasteiger partial charge in [0.05, 0.1) is 12.9 Å². The molecule has 84 valence electrons. The fourth-order valence-electron chi connectivity index (χ4n) is 1.26. The van der Waals surface area contributed by atoms with Gasteiger partial charge in [0.25, 0.3) is 0 Å². The number of rotatable bonds is 4. The van der Waals surface area contributed by atoms with Crippen LogP contribution in [0, 0.1) is 6.92 Å². The van der Waals surface area contributed by atoms with Crippen LogP contribution in [0.15, 0.2) is 18.2 Å². The second-order valence-electron chi connectivity index (χ2n) is 3.30. The lowest BCUT2D eigenvalue weighted by Crippen LogP contribution is -2.02. The van der Waals surface area contributed by atoms with Crippen molar-refractivity contribution in [2.45, 2.75) is 13.3 Å². The minimum absolute atomic E-state index is 0.162. The Morgan fingerprint density at radius 1 is 1.40 bits per heavy atom. The van der Waals surface area contributed by atoms with Crippen molar-refractivity contribution < 1.29 is 17.0 Å². The lowest BCUT2D eigenvalue weighted by molar-refractivity contribution is 0.411. The van der Waals surface area contributed by atoms with E-state index in [1.807, 2.05) is 13.0 Å². The van der Waals surface area contributed by atoms with Gasteiger partial charge >= 0.3 is 10.2 Å². The van der Waals surface area contributed by atoms with Gasteiger partial charge in [-0.05, 0) is 30.5 Å². The SMILES string of the molecule is COc1cc(CCS(=O)(=O)F)ccc1C. The summed E-state index contributed by atoms with van der Waals surface area (Å²) >= 11 is 0. The van der Waals surface area contributed by atoms with Gasteiger partial charge in [-0.3, -0.25) is 0 Å². The molecule has 15 heavy (non-hydrogen) atoms. The summed E-state index contributed by atoms with van der Waals surface area (Å²) in [6.07, 6.45) is 0.162. The summed E-state index contributed by atoms with van der Waals surface area (Å²) in [7, 11) is -2.85. The number of methoxy groups -OCH3 is 1. The van der Waals surface area contributed by atoms with E-state index in [0.29, 0.717) is 5.75 Å². The van der Waals surface area contributed by atoms with E-state index in [0.717, 1.165) is 11.1 Å². The molecule has 0 aromatic heterocycles. The third kappa shape index (κ3) is 3.87. The van der Waals surface area contributed by atoms with E-state index in [1.165, 1.54) is 7.11 Å². The predicted octanol–water partition coefficient (Wildman–Crippen LogP) is 1.85. The Labute approximate surface area is 89.1 Å². The van der Waals surface area contributed by atoms with Crippen LogP contribution in [0.2, 0.25) is 0 Å². The van der Waals surface area contributed by atoms with Crippen molar-refractivity contribution in [2.75, 3.05) is 12.9 Å². The van der Waals surface area contributed by atoms with Crippen molar-refractivity contribution in [2.24, 2.45) is 0 Å². The Morgan fingerprint density at radius 2 is 2.07 bits per heavy atom. The van der Waals surface area contributed by atoms with E-state index < -0.39 is 16.0 Å². The molecule has 5 heteroatoms. The molecule has 0 unspecified atom stereocenters. The van der Waals surface area contributed by atoms with Gasteiger partial charge in [0.2, 0.25) is 0 Å². The molecule has 1 rings (SSSR count). The van der Waals surface area contributed by atoms with E-state index in [9.17, 15) is 12.3 Å². The fraction of sp³-hybridized carbons (Fsp3) is 0.400. The Morgan fingerprint density at radius 3 is 2.60 bits per heavy atom. The van der Waals surface area contributed by atoms with Crippen molar-refractivity contribution in [3.63, 3.8) is 0 Å². The molecule has 0 fully saturated rings. The van der Waals surface area contributed by atoms with Crippen LogP contribution in [0.4, 0.5) is 3.89 Å². The Hall–Kier alpha value is -1.10. The summed E-state index contributed by atoms with van der Waals surface area (Å²) in [6, 6.07) is 5.31. The quantitative estimate of drug-likeness (QED) is 0.744. The molecule has 0 saturated heterocycles. The van der Waals surface area contributed by atoms with Crippen LogP contribution in [-0.2, 0) is 16.6 Å². The number of aryl methyl sites for hydroxylation is 2. The smallest absolute Gasteiger partial charge is 0.302 e. The Kier molecular flexibility index (Phi) is 3.68. The highest BCUT2D eigenvalue weighted by atomic mass is 32.3. The zero-order valence-electron chi connectivity index (χ0n) is 8.66. The van der Waals surface area contributed by atoms with E-state index >= 15 is 0 Å². The topological polar surface area (TPSA) is 43.4 Å². The molecule has 3 nitrogen and oxygen atoms in total. The molecule has 0 aliphatic carbocycles. The lowest BCUT2D eigenvalue weighted by Gasteiger charge is -2.06. The van der Waals surface area contributed by atoms with Crippen LogP contribution < -0.4 is 4.74 Å². The van der Waals surface area contributed by atoms with Crippen molar-refractivity contribution in [3.8, 4) is 5.75 Å². The predicted molar refractivity (Wildman–Crippen MR) is 56.3 cm³/mol. The van der Waals surface area contributed by atoms with Gasteiger partial charge in [0, 0.05) is 0 Å². The summed E-state index contributed by atoms with van der Waals surface area (Å²) in [4.78, 5) is 0. The maximum atomic E-state index is 12.3. The highest BCUT2D eigenvalue weighted by Crippen LogP contribution is 2.19. The number of hydrogen-bond acceptors (Lipinski definition) is 3. The third-order valence-electron chi connectivity index (χ3n) is 2.11. The summed E-state index contributed by atoms with van der Waals surface area (Å²) in [5.41, 5.74) is 1.71. The molecule has 0 aliphatic heterocycles. The number of halogens is 1. The van der Waals surface area contributed by atoms with Gasteiger partial charge in [0.15, 0.2) is 0 Å². The highest BCUT2D eigenvalue weighted by Gasteiger charge is 2.08. The minimum atomic E-state index is -4.39. The summed E-state index contributed by atoms with van der Waals surface area (Å²) in [6.45, 7) is 1.88. The molecule has 0 atom stereocenters. The van der Waals surface area contributed by atoms with Crippen LogP contribution >= 0.6 is 0 Å². The second kappa shape index (κ2) is 4.61. The minimum Gasteiger partial charge on any atom is -0.496 e. The van der Waals surface area contributed by atoms with Crippen molar-refractivity contribution in [1.82, 2.24) is 0 Å². The fourth-order valence-corrected chi connectivity index (χ4v) is 1.74. The first-order valence-corrected chi connectivity index (χ1v) is 6.03. The van der Waals surface area contributed by atoms with Crippen molar-refractivity contribution in [3.05, 3.63) is 29.3 Å². The van der Waals surface area contributed by atoms with E-state index in [4.69, 9.17) is 4.74 Å². The molecule has 0 saturated carbocycles. The monoisotopic (exact) mass is 232 g/mol. The summed E-state index contributed by atoms with van der Waals surface area (Å²) < 4.78 is 38.0. The van der Waals surface area contributed by atoms with E-state index in [2.05, 4.69) is 0 Å². The number of hydrogen-bond donors (Lipinski definition) is 0. The van der Waals surface area contributed by atoms with Gasteiger partial charge in [0.1, 0.15) is 5.75 Å².